The fourth-order valence-electron chi connectivity index (χ4n) is 4.66. The van der Waals surface area contributed by atoms with Gasteiger partial charge in [0.15, 0.2) is 0 Å². The van der Waals surface area contributed by atoms with Crippen LogP contribution in [0.25, 0.3) is 28.5 Å². The molecule has 0 spiro atoms. The van der Waals surface area contributed by atoms with Gasteiger partial charge in [-0.1, -0.05) is 31.1 Å². The highest BCUT2D eigenvalue weighted by Crippen LogP contribution is 2.41. The lowest BCUT2D eigenvalue weighted by Crippen LogP contribution is -2.23. The molecule has 182 valence electrons. The molecule has 0 fully saturated rings. The van der Waals surface area contributed by atoms with Crippen LogP contribution in [0.15, 0.2) is 52.4 Å². The molecule has 7 nitrogen and oxygen atoms in total. The first-order valence-corrected chi connectivity index (χ1v) is 11.9. The Morgan fingerprint density at radius 3 is 2.66 bits per heavy atom. The fourth-order valence-corrected chi connectivity index (χ4v) is 4.66. The summed E-state index contributed by atoms with van der Waals surface area (Å²) in [5.74, 6) is 1.43. The molecule has 4 aromatic rings. The minimum atomic E-state index is -0.282. The van der Waals surface area contributed by atoms with Crippen molar-refractivity contribution in [3.63, 3.8) is 0 Å². The summed E-state index contributed by atoms with van der Waals surface area (Å²) >= 11 is 0. The SMILES string of the molecule is C=Cc1[nH]c(=O)n([C@H](C)c2ccccn2)c1-c1cc(OC)c(-c2c(C)noc2C)cc1CCCC. The predicted octanol–water partition coefficient (Wildman–Crippen LogP) is 6.11. The van der Waals surface area contributed by atoms with Crippen molar-refractivity contribution in [2.45, 2.75) is 53.0 Å². The second-order valence-electron chi connectivity index (χ2n) is 8.71. The second kappa shape index (κ2) is 10.2. The van der Waals surface area contributed by atoms with Crippen molar-refractivity contribution in [3.8, 4) is 28.1 Å². The number of H-pyrrole nitrogens is 1. The third-order valence-electron chi connectivity index (χ3n) is 6.45. The van der Waals surface area contributed by atoms with Crippen LogP contribution in [0.3, 0.4) is 0 Å². The molecule has 0 radical (unpaired) electrons. The molecule has 1 N–H and O–H groups in total. The highest BCUT2D eigenvalue weighted by atomic mass is 16.5. The quantitative estimate of drug-likeness (QED) is 0.317. The monoisotopic (exact) mass is 472 g/mol. The maximum atomic E-state index is 13.2. The van der Waals surface area contributed by atoms with E-state index in [4.69, 9.17) is 9.26 Å². The Kier molecular flexibility index (Phi) is 7.05. The normalized spacial score (nSPS) is 12.0. The van der Waals surface area contributed by atoms with Crippen molar-refractivity contribution in [1.82, 2.24) is 19.7 Å². The van der Waals surface area contributed by atoms with Crippen molar-refractivity contribution >= 4 is 6.08 Å². The van der Waals surface area contributed by atoms with E-state index in [0.29, 0.717) is 11.4 Å². The summed E-state index contributed by atoms with van der Waals surface area (Å²) in [6, 6.07) is 9.61. The number of aryl methyl sites for hydroxylation is 3. The molecule has 0 saturated carbocycles. The van der Waals surface area contributed by atoms with Gasteiger partial charge in [-0.15, -0.1) is 0 Å². The number of rotatable bonds is 9. The molecular formula is C28H32N4O3. The molecule has 0 aliphatic rings. The molecule has 7 heteroatoms. The number of nitrogens with zero attached hydrogens (tertiary/aromatic N) is 3. The summed E-state index contributed by atoms with van der Waals surface area (Å²) in [6.45, 7) is 12.0. The van der Waals surface area contributed by atoms with Crippen molar-refractivity contribution in [3.05, 3.63) is 82.0 Å². The third-order valence-corrected chi connectivity index (χ3v) is 6.45. The number of aromatic amines is 1. The van der Waals surface area contributed by atoms with E-state index in [1.165, 1.54) is 0 Å². The predicted molar refractivity (Wildman–Crippen MR) is 139 cm³/mol. The summed E-state index contributed by atoms with van der Waals surface area (Å²) in [6.07, 6.45) is 6.33. The van der Waals surface area contributed by atoms with Crippen LogP contribution in [0.2, 0.25) is 0 Å². The zero-order valence-electron chi connectivity index (χ0n) is 21.0. The molecule has 0 aliphatic heterocycles. The number of unbranched alkanes of at least 4 members (excludes halogenated alkanes) is 1. The number of benzene rings is 1. The Balaban J connectivity index is 2.01. The molecule has 3 heterocycles. The number of nitrogens with one attached hydrogen (secondary N) is 1. The standard InChI is InChI=1S/C28H32N4O3/c1-7-9-12-20-15-22(26-17(3)31-35-19(26)5)25(34-6)16-21(20)27-23(8-2)30-28(33)32(27)18(4)24-13-10-11-14-29-24/h8,10-11,13-16,18H,2,7,9,12H2,1,3-6H3,(H,30,33)/t18-/m1/s1. The van der Waals surface area contributed by atoms with Crippen LogP contribution >= 0.6 is 0 Å². The van der Waals surface area contributed by atoms with Crippen molar-refractivity contribution in [2.24, 2.45) is 0 Å². The highest BCUT2D eigenvalue weighted by molar-refractivity contribution is 5.82. The van der Waals surface area contributed by atoms with Crippen LogP contribution in [0.5, 0.6) is 5.75 Å². The number of aromatic nitrogens is 4. The van der Waals surface area contributed by atoms with Crippen LogP contribution in [-0.4, -0.2) is 26.8 Å². The summed E-state index contributed by atoms with van der Waals surface area (Å²) in [5, 5.41) is 4.14. The van der Waals surface area contributed by atoms with E-state index in [0.717, 1.165) is 64.4 Å². The van der Waals surface area contributed by atoms with Crippen LogP contribution in [0.4, 0.5) is 0 Å². The first-order chi connectivity index (χ1) is 16.9. The minimum absolute atomic E-state index is 0.205. The van der Waals surface area contributed by atoms with Gasteiger partial charge in [0.1, 0.15) is 11.5 Å². The van der Waals surface area contributed by atoms with E-state index < -0.39 is 0 Å². The molecule has 0 unspecified atom stereocenters. The van der Waals surface area contributed by atoms with Crippen LogP contribution in [-0.2, 0) is 6.42 Å². The van der Waals surface area contributed by atoms with Gasteiger partial charge in [0.25, 0.3) is 0 Å². The maximum Gasteiger partial charge on any atom is 0.327 e. The molecule has 0 bridgehead atoms. The lowest BCUT2D eigenvalue weighted by molar-refractivity contribution is 0.393. The summed E-state index contributed by atoms with van der Waals surface area (Å²) in [7, 11) is 1.65. The number of imidazole rings is 1. The molecule has 0 saturated heterocycles. The first kappa shape index (κ1) is 24.3. The Labute approximate surface area is 205 Å². The van der Waals surface area contributed by atoms with Crippen molar-refractivity contribution in [1.29, 1.82) is 0 Å². The Morgan fingerprint density at radius 1 is 1.26 bits per heavy atom. The molecule has 0 amide bonds. The molecule has 35 heavy (non-hydrogen) atoms. The third kappa shape index (κ3) is 4.46. The van der Waals surface area contributed by atoms with E-state index in [2.05, 4.69) is 34.7 Å². The Morgan fingerprint density at radius 2 is 2.06 bits per heavy atom. The minimum Gasteiger partial charge on any atom is -0.496 e. The lowest BCUT2D eigenvalue weighted by Gasteiger charge is -2.20. The number of pyridine rings is 1. The van der Waals surface area contributed by atoms with Gasteiger partial charge in [-0.2, -0.15) is 0 Å². The Hall–Kier alpha value is -3.87. The fraction of sp³-hybridized carbons (Fsp3) is 0.321. The van der Waals surface area contributed by atoms with E-state index in [1.54, 1.807) is 23.9 Å². The highest BCUT2D eigenvalue weighted by Gasteiger charge is 2.25. The van der Waals surface area contributed by atoms with Crippen LogP contribution in [0.1, 0.15) is 61.1 Å². The van der Waals surface area contributed by atoms with Gasteiger partial charge >= 0.3 is 5.69 Å². The molecule has 4 rings (SSSR count). The summed E-state index contributed by atoms with van der Waals surface area (Å²) in [5.41, 5.74) is 6.77. The van der Waals surface area contributed by atoms with E-state index in [-0.39, 0.29) is 11.7 Å². The average Bonchev–Trinajstić information content (AvgIpc) is 3.39. The zero-order chi connectivity index (χ0) is 25.1. The zero-order valence-corrected chi connectivity index (χ0v) is 21.0. The number of hydrogen-bond donors (Lipinski definition) is 1. The van der Waals surface area contributed by atoms with E-state index >= 15 is 0 Å². The summed E-state index contributed by atoms with van der Waals surface area (Å²) in [4.78, 5) is 20.7. The smallest absolute Gasteiger partial charge is 0.327 e. The van der Waals surface area contributed by atoms with Gasteiger partial charge in [0.2, 0.25) is 0 Å². The molecule has 0 aliphatic carbocycles. The van der Waals surface area contributed by atoms with E-state index in [1.807, 2.05) is 45.0 Å². The second-order valence-corrected chi connectivity index (χ2v) is 8.71. The van der Waals surface area contributed by atoms with Crippen LogP contribution < -0.4 is 10.4 Å². The average molecular weight is 473 g/mol. The number of methoxy groups -OCH3 is 1. The van der Waals surface area contributed by atoms with Gasteiger partial charge in [-0.25, -0.2) is 4.79 Å². The Bertz CT molecular complexity index is 1380. The van der Waals surface area contributed by atoms with Gasteiger partial charge in [-0.05, 0) is 69.5 Å². The van der Waals surface area contributed by atoms with Crippen molar-refractivity contribution in [2.75, 3.05) is 7.11 Å². The van der Waals surface area contributed by atoms with Gasteiger partial charge in [0, 0.05) is 17.3 Å². The van der Waals surface area contributed by atoms with Gasteiger partial charge in [-0.3, -0.25) is 9.55 Å². The van der Waals surface area contributed by atoms with Gasteiger partial charge < -0.3 is 14.2 Å². The lowest BCUT2D eigenvalue weighted by atomic mass is 9.92. The van der Waals surface area contributed by atoms with Gasteiger partial charge in [0.05, 0.1) is 41.5 Å². The van der Waals surface area contributed by atoms with E-state index in [9.17, 15) is 4.79 Å². The van der Waals surface area contributed by atoms with Crippen LogP contribution in [0, 0.1) is 13.8 Å². The molecule has 3 aromatic heterocycles. The molecule has 1 aromatic carbocycles. The molecular weight excluding hydrogens is 440 g/mol. The van der Waals surface area contributed by atoms with Crippen molar-refractivity contribution < 1.29 is 9.26 Å². The first-order valence-electron chi connectivity index (χ1n) is 11.9. The summed E-state index contributed by atoms with van der Waals surface area (Å²) < 4.78 is 13.1. The topological polar surface area (TPSA) is 85.9 Å². The largest absolute Gasteiger partial charge is 0.496 e. The number of hydrogen-bond acceptors (Lipinski definition) is 5. The molecule has 1 atom stereocenters. The number of ether oxygens (including phenoxy) is 1. The maximum absolute atomic E-state index is 13.2.